The summed E-state index contributed by atoms with van der Waals surface area (Å²) in [5.74, 6) is 1.75. The molecule has 0 radical (unpaired) electrons. The maximum absolute atomic E-state index is 8.82. The predicted octanol–water partition coefficient (Wildman–Crippen LogP) is 0.871. The first-order chi connectivity index (χ1) is 9.19. The molecule has 0 unspecified atom stereocenters. The quantitative estimate of drug-likeness (QED) is 0.773. The van der Waals surface area contributed by atoms with Crippen LogP contribution in [0.5, 0.6) is 11.5 Å². The van der Waals surface area contributed by atoms with E-state index in [0.717, 1.165) is 0 Å². The van der Waals surface area contributed by atoms with Crippen LogP contribution in [-0.4, -0.2) is 36.1 Å². The first kappa shape index (κ1) is 13.2. The third-order valence-electron chi connectivity index (χ3n) is 2.59. The van der Waals surface area contributed by atoms with Crippen molar-refractivity contribution in [2.45, 2.75) is 6.42 Å². The number of nitrogens with zero attached hydrogens (tertiary/aromatic N) is 2. The van der Waals surface area contributed by atoms with E-state index in [-0.39, 0.29) is 12.5 Å². The van der Waals surface area contributed by atoms with Crippen molar-refractivity contribution in [3.05, 3.63) is 18.0 Å². The molecular weight excluding hydrogens is 250 g/mol. The van der Waals surface area contributed by atoms with Crippen molar-refractivity contribution >= 4 is 5.69 Å². The fourth-order valence-corrected chi connectivity index (χ4v) is 1.64. The van der Waals surface area contributed by atoms with Gasteiger partial charge in [-0.15, -0.1) is 0 Å². The molecule has 2 rings (SSSR count). The number of aromatic nitrogens is 2. The van der Waals surface area contributed by atoms with Crippen LogP contribution in [0.4, 0.5) is 5.69 Å². The summed E-state index contributed by atoms with van der Waals surface area (Å²) in [4.78, 5) is 4.15. The summed E-state index contributed by atoms with van der Waals surface area (Å²) in [6, 6.07) is 3.30. The van der Waals surface area contributed by atoms with Crippen molar-refractivity contribution in [1.29, 1.82) is 0 Å². The highest BCUT2D eigenvalue weighted by Gasteiger charge is 2.16. The average molecular weight is 265 g/mol. The van der Waals surface area contributed by atoms with Gasteiger partial charge in [-0.2, -0.15) is 4.98 Å². The first-order valence-electron chi connectivity index (χ1n) is 5.65. The summed E-state index contributed by atoms with van der Waals surface area (Å²) in [5, 5.41) is 12.6. The minimum atomic E-state index is -0.0413. The Kier molecular flexibility index (Phi) is 3.86. The van der Waals surface area contributed by atoms with Crippen LogP contribution in [0.1, 0.15) is 5.82 Å². The van der Waals surface area contributed by atoms with Crippen LogP contribution in [0.3, 0.4) is 0 Å². The van der Waals surface area contributed by atoms with Crippen LogP contribution in [0.25, 0.3) is 11.5 Å². The smallest absolute Gasteiger partial charge is 0.260 e. The minimum Gasteiger partial charge on any atom is -0.493 e. The largest absolute Gasteiger partial charge is 0.493 e. The van der Waals surface area contributed by atoms with Gasteiger partial charge in [0, 0.05) is 18.2 Å². The molecule has 0 aliphatic carbocycles. The highest BCUT2D eigenvalue weighted by molar-refractivity contribution is 5.75. The fourth-order valence-electron chi connectivity index (χ4n) is 1.64. The Morgan fingerprint density at radius 3 is 2.58 bits per heavy atom. The first-order valence-corrected chi connectivity index (χ1v) is 5.65. The molecule has 0 spiro atoms. The molecule has 0 aliphatic heterocycles. The van der Waals surface area contributed by atoms with Gasteiger partial charge in [0.2, 0.25) is 0 Å². The van der Waals surface area contributed by atoms with Gasteiger partial charge in [0.1, 0.15) is 0 Å². The number of hydrogen-bond acceptors (Lipinski definition) is 7. The number of hydrogen-bond donors (Lipinski definition) is 2. The van der Waals surface area contributed by atoms with Gasteiger partial charge in [-0.1, -0.05) is 5.16 Å². The van der Waals surface area contributed by atoms with E-state index in [0.29, 0.717) is 35.0 Å². The van der Waals surface area contributed by atoms with Gasteiger partial charge in [-0.3, -0.25) is 0 Å². The number of aliphatic hydroxyl groups is 1. The summed E-state index contributed by atoms with van der Waals surface area (Å²) < 4.78 is 15.5. The lowest BCUT2D eigenvalue weighted by molar-refractivity contribution is 0.293. The maximum Gasteiger partial charge on any atom is 0.260 e. The monoisotopic (exact) mass is 265 g/mol. The number of anilines is 1. The van der Waals surface area contributed by atoms with Crippen molar-refractivity contribution in [2.75, 3.05) is 26.6 Å². The third kappa shape index (κ3) is 2.60. The van der Waals surface area contributed by atoms with Gasteiger partial charge in [-0.05, 0) is 6.07 Å². The van der Waals surface area contributed by atoms with Gasteiger partial charge < -0.3 is 24.8 Å². The molecular formula is C12H15N3O4. The Morgan fingerprint density at radius 1 is 1.26 bits per heavy atom. The molecule has 7 heteroatoms. The van der Waals surface area contributed by atoms with Crippen molar-refractivity contribution in [1.82, 2.24) is 10.1 Å². The van der Waals surface area contributed by atoms with Gasteiger partial charge in [-0.25, -0.2) is 0 Å². The van der Waals surface area contributed by atoms with Crippen molar-refractivity contribution in [3.63, 3.8) is 0 Å². The Labute approximate surface area is 109 Å². The molecule has 102 valence electrons. The van der Waals surface area contributed by atoms with Gasteiger partial charge in [0.15, 0.2) is 17.3 Å². The van der Waals surface area contributed by atoms with E-state index in [1.165, 1.54) is 14.2 Å². The number of nitrogen functional groups attached to an aromatic ring is 1. The average Bonchev–Trinajstić information content (AvgIpc) is 2.87. The molecule has 0 saturated heterocycles. The zero-order chi connectivity index (χ0) is 13.8. The summed E-state index contributed by atoms with van der Waals surface area (Å²) in [7, 11) is 3.06. The second-order valence-corrected chi connectivity index (χ2v) is 3.78. The number of aliphatic hydroxyl groups excluding tert-OH is 1. The summed E-state index contributed by atoms with van der Waals surface area (Å²) >= 11 is 0. The standard InChI is InChI=1S/C12H15N3O4/c1-17-9-5-7(8(13)6-10(9)18-2)12-14-11(3-4-16)15-19-12/h5-6,16H,3-4,13H2,1-2H3. The molecule has 3 N–H and O–H groups in total. The SMILES string of the molecule is COc1cc(N)c(-c2nc(CCO)no2)cc1OC. The maximum atomic E-state index is 8.82. The van der Waals surface area contributed by atoms with E-state index >= 15 is 0 Å². The predicted molar refractivity (Wildman–Crippen MR) is 68.0 cm³/mol. The van der Waals surface area contributed by atoms with E-state index in [1.54, 1.807) is 12.1 Å². The minimum absolute atomic E-state index is 0.0413. The lowest BCUT2D eigenvalue weighted by Gasteiger charge is -2.10. The van der Waals surface area contributed by atoms with Crippen molar-refractivity contribution in [3.8, 4) is 23.0 Å². The molecule has 0 amide bonds. The van der Waals surface area contributed by atoms with E-state index in [4.69, 9.17) is 24.8 Å². The Morgan fingerprint density at radius 2 is 1.95 bits per heavy atom. The zero-order valence-corrected chi connectivity index (χ0v) is 10.7. The van der Waals surface area contributed by atoms with Crippen LogP contribution in [0.2, 0.25) is 0 Å². The van der Waals surface area contributed by atoms with E-state index < -0.39 is 0 Å². The van der Waals surface area contributed by atoms with Gasteiger partial charge in [0.25, 0.3) is 5.89 Å². The molecule has 1 aromatic heterocycles. The molecule has 0 aliphatic rings. The van der Waals surface area contributed by atoms with E-state index in [2.05, 4.69) is 10.1 Å². The normalized spacial score (nSPS) is 10.5. The molecule has 0 bridgehead atoms. The molecule has 0 atom stereocenters. The van der Waals surface area contributed by atoms with Crippen molar-refractivity contribution in [2.24, 2.45) is 0 Å². The molecule has 1 aromatic carbocycles. The van der Waals surface area contributed by atoms with E-state index in [1.807, 2.05) is 0 Å². The van der Waals surface area contributed by atoms with Crippen LogP contribution < -0.4 is 15.2 Å². The molecule has 7 nitrogen and oxygen atoms in total. The summed E-state index contributed by atoms with van der Waals surface area (Å²) in [6.07, 6.45) is 0.330. The third-order valence-corrected chi connectivity index (χ3v) is 2.59. The Bertz CT molecular complexity index is 568. The molecule has 2 aromatic rings. The number of nitrogens with two attached hydrogens (primary N) is 1. The molecule has 0 fully saturated rings. The van der Waals surface area contributed by atoms with Crippen LogP contribution >= 0.6 is 0 Å². The zero-order valence-electron chi connectivity index (χ0n) is 10.7. The lowest BCUT2D eigenvalue weighted by Crippen LogP contribution is -1.97. The van der Waals surface area contributed by atoms with Crippen molar-refractivity contribution < 1.29 is 19.1 Å². The number of ether oxygens (including phenoxy) is 2. The Balaban J connectivity index is 2.42. The summed E-state index contributed by atoms with van der Waals surface area (Å²) in [5.41, 5.74) is 6.93. The second kappa shape index (κ2) is 5.57. The van der Waals surface area contributed by atoms with Crippen LogP contribution in [-0.2, 0) is 6.42 Å². The molecule has 0 saturated carbocycles. The van der Waals surface area contributed by atoms with E-state index in [9.17, 15) is 0 Å². The van der Waals surface area contributed by atoms with Gasteiger partial charge >= 0.3 is 0 Å². The van der Waals surface area contributed by atoms with Crippen LogP contribution in [0.15, 0.2) is 16.7 Å². The lowest BCUT2D eigenvalue weighted by atomic mass is 10.1. The Hall–Kier alpha value is -2.28. The van der Waals surface area contributed by atoms with Crippen LogP contribution in [0, 0.1) is 0 Å². The highest BCUT2D eigenvalue weighted by Crippen LogP contribution is 2.36. The van der Waals surface area contributed by atoms with Gasteiger partial charge in [0.05, 0.1) is 26.4 Å². The summed E-state index contributed by atoms with van der Waals surface area (Å²) in [6.45, 7) is -0.0413. The molecule has 1 heterocycles. The highest BCUT2D eigenvalue weighted by atomic mass is 16.5. The number of methoxy groups -OCH3 is 2. The topological polar surface area (TPSA) is 104 Å². The number of benzene rings is 1. The second-order valence-electron chi connectivity index (χ2n) is 3.78. The number of rotatable bonds is 5. The fraction of sp³-hybridized carbons (Fsp3) is 0.333. The molecule has 19 heavy (non-hydrogen) atoms.